The third-order valence-corrected chi connectivity index (χ3v) is 3.98. The van der Waals surface area contributed by atoms with Crippen LogP contribution in [0.5, 0.6) is 11.5 Å². The average Bonchev–Trinajstić information content (AvgIpc) is 2.52. The van der Waals surface area contributed by atoms with Crippen molar-refractivity contribution in [1.82, 2.24) is 4.72 Å². The minimum Gasteiger partial charge on any atom is -0.497 e. The lowest BCUT2D eigenvalue weighted by atomic mass is 10.3. The van der Waals surface area contributed by atoms with Gasteiger partial charge in [0.15, 0.2) is 6.10 Å². The Morgan fingerprint density at radius 1 is 1.36 bits per heavy atom. The molecule has 1 aromatic rings. The Kier molecular flexibility index (Phi) is 6.15. The van der Waals surface area contributed by atoms with Crippen LogP contribution in [0.15, 0.2) is 23.1 Å². The van der Waals surface area contributed by atoms with Crippen LogP contribution in [0.2, 0.25) is 0 Å². The van der Waals surface area contributed by atoms with E-state index in [0.717, 1.165) is 0 Å². The molecule has 0 heterocycles. The van der Waals surface area contributed by atoms with Gasteiger partial charge in [0, 0.05) is 6.07 Å². The summed E-state index contributed by atoms with van der Waals surface area (Å²) in [5.74, 6) is -0.437. The van der Waals surface area contributed by atoms with Crippen LogP contribution < -0.4 is 14.2 Å². The molecule has 0 aliphatic heterocycles. The average molecular weight is 328 g/mol. The van der Waals surface area contributed by atoms with Crippen LogP contribution in [0.1, 0.15) is 6.92 Å². The fraction of sp³-hybridized carbons (Fsp3) is 0.385. The van der Waals surface area contributed by atoms with Gasteiger partial charge in [0.2, 0.25) is 10.0 Å². The molecule has 0 saturated carbocycles. The molecule has 0 amide bonds. The predicted octanol–water partition coefficient (Wildman–Crippen LogP) is 0.437. The molecule has 8 nitrogen and oxygen atoms in total. The van der Waals surface area contributed by atoms with Gasteiger partial charge in [0.25, 0.3) is 0 Å². The molecular formula is C13H16N2O6S. The molecule has 0 aromatic heterocycles. The largest absolute Gasteiger partial charge is 0.497 e. The molecule has 0 spiro atoms. The quantitative estimate of drug-likeness (QED) is 0.722. The Morgan fingerprint density at radius 3 is 2.59 bits per heavy atom. The number of nitrogens with zero attached hydrogens (tertiary/aromatic N) is 1. The second-order valence-electron chi connectivity index (χ2n) is 4.10. The van der Waals surface area contributed by atoms with Crippen molar-refractivity contribution >= 4 is 16.0 Å². The van der Waals surface area contributed by atoms with Gasteiger partial charge in [-0.3, -0.25) is 4.79 Å². The molecule has 1 rings (SSSR count). The number of ether oxygens (including phenoxy) is 3. The van der Waals surface area contributed by atoms with Crippen molar-refractivity contribution in [1.29, 1.82) is 5.26 Å². The number of rotatable bonds is 7. The number of hydrogen-bond acceptors (Lipinski definition) is 7. The van der Waals surface area contributed by atoms with Gasteiger partial charge in [-0.15, -0.1) is 0 Å². The Morgan fingerprint density at radius 2 is 2.05 bits per heavy atom. The minimum absolute atomic E-state index is 0.104. The second-order valence-corrected chi connectivity index (χ2v) is 5.84. The fourth-order valence-electron chi connectivity index (χ4n) is 1.49. The van der Waals surface area contributed by atoms with Crippen molar-refractivity contribution in [3.63, 3.8) is 0 Å². The van der Waals surface area contributed by atoms with Crippen molar-refractivity contribution in [2.24, 2.45) is 0 Å². The first kappa shape index (κ1) is 17.7. The van der Waals surface area contributed by atoms with Crippen LogP contribution in [0.3, 0.4) is 0 Å². The Bertz CT molecular complexity index is 680. The minimum atomic E-state index is -4.01. The maximum Gasteiger partial charge on any atom is 0.322 e. The van der Waals surface area contributed by atoms with Crippen molar-refractivity contribution in [2.45, 2.75) is 17.9 Å². The molecule has 0 unspecified atom stereocenters. The highest BCUT2D eigenvalue weighted by Crippen LogP contribution is 2.27. The SMILES string of the molecule is COc1ccc(OC)c(S(=O)(=O)NCC(=O)O[C@@H](C)C#N)c1. The lowest BCUT2D eigenvalue weighted by Gasteiger charge is -2.12. The van der Waals surface area contributed by atoms with Gasteiger partial charge in [0.1, 0.15) is 29.0 Å². The summed E-state index contributed by atoms with van der Waals surface area (Å²) in [7, 11) is -1.29. The van der Waals surface area contributed by atoms with Gasteiger partial charge in [-0.1, -0.05) is 0 Å². The van der Waals surface area contributed by atoms with Crippen LogP contribution in [0.4, 0.5) is 0 Å². The highest BCUT2D eigenvalue weighted by molar-refractivity contribution is 7.89. The Balaban J connectivity index is 2.91. The molecule has 0 aliphatic rings. The zero-order valence-corrected chi connectivity index (χ0v) is 13.1. The summed E-state index contributed by atoms with van der Waals surface area (Å²) in [6.45, 7) is 0.770. The smallest absolute Gasteiger partial charge is 0.322 e. The molecule has 120 valence electrons. The van der Waals surface area contributed by atoms with E-state index in [9.17, 15) is 13.2 Å². The number of carbonyl (C=O) groups excluding carboxylic acids is 1. The van der Waals surface area contributed by atoms with Gasteiger partial charge in [-0.05, 0) is 19.1 Å². The van der Waals surface area contributed by atoms with E-state index in [1.165, 1.54) is 33.3 Å². The van der Waals surface area contributed by atoms with Gasteiger partial charge in [-0.2, -0.15) is 9.98 Å². The van der Waals surface area contributed by atoms with E-state index in [0.29, 0.717) is 5.75 Å². The van der Waals surface area contributed by atoms with E-state index < -0.39 is 28.6 Å². The molecule has 0 aliphatic carbocycles. The molecule has 0 bridgehead atoms. The van der Waals surface area contributed by atoms with Crippen LogP contribution in [0.25, 0.3) is 0 Å². The third-order valence-electron chi connectivity index (χ3n) is 2.56. The summed E-state index contributed by atoms with van der Waals surface area (Å²) < 4.78 is 41.1. The van der Waals surface area contributed by atoms with Gasteiger partial charge in [-0.25, -0.2) is 8.42 Å². The molecule has 0 saturated heterocycles. The number of methoxy groups -OCH3 is 2. The maximum atomic E-state index is 12.2. The zero-order valence-electron chi connectivity index (χ0n) is 12.3. The van der Waals surface area contributed by atoms with E-state index in [4.69, 9.17) is 14.7 Å². The van der Waals surface area contributed by atoms with Crippen LogP contribution in [0, 0.1) is 11.3 Å². The van der Waals surface area contributed by atoms with Crippen molar-refractivity contribution < 1.29 is 27.4 Å². The van der Waals surface area contributed by atoms with Gasteiger partial charge < -0.3 is 14.2 Å². The summed E-state index contributed by atoms with van der Waals surface area (Å²) in [5.41, 5.74) is 0. The highest BCUT2D eigenvalue weighted by atomic mass is 32.2. The number of carbonyl (C=O) groups is 1. The molecule has 1 N–H and O–H groups in total. The Hall–Kier alpha value is -2.31. The van der Waals surface area contributed by atoms with Gasteiger partial charge >= 0.3 is 5.97 Å². The summed E-state index contributed by atoms with van der Waals surface area (Å²) in [5, 5.41) is 8.52. The summed E-state index contributed by atoms with van der Waals surface area (Å²) >= 11 is 0. The zero-order chi connectivity index (χ0) is 16.8. The number of nitriles is 1. The molecule has 0 fully saturated rings. The first-order chi connectivity index (χ1) is 10.3. The molecule has 0 radical (unpaired) electrons. The summed E-state index contributed by atoms with van der Waals surface area (Å²) in [6.07, 6.45) is -0.955. The van der Waals surface area contributed by atoms with E-state index >= 15 is 0 Å². The first-order valence-corrected chi connectivity index (χ1v) is 7.63. The lowest BCUT2D eigenvalue weighted by Crippen LogP contribution is -2.32. The number of sulfonamides is 1. The molecule has 9 heteroatoms. The first-order valence-electron chi connectivity index (χ1n) is 6.15. The molecule has 22 heavy (non-hydrogen) atoms. The van der Waals surface area contributed by atoms with Gasteiger partial charge in [0.05, 0.1) is 14.2 Å². The number of esters is 1. The second kappa shape index (κ2) is 7.63. The molecular weight excluding hydrogens is 312 g/mol. The topological polar surface area (TPSA) is 115 Å². The Labute approximate surface area is 128 Å². The number of hydrogen-bond donors (Lipinski definition) is 1. The number of benzene rings is 1. The van der Waals surface area contributed by atoms with Crippen LogP contribution in [-0.4, -0.2) is 41.3 Å². The van der Waals surface area contributed by atoms with E-state index in [-0.39, 0.29) is 10.6 Å². The summed E-state index contributed by atoms with van der Waals surface area (Å²) in [6, 6.07) is 5.95. The van der Waals surface area contributed by atoms with E-state index in [2.05, 4.69) is 9.46 Å². The lowest BCUT2D eigenvalue weighted by molar-refractivity contribution is -0.144. The molecule has 1 aromatic carbocycles. The van der Waals surface area contributed by atoms with Crippen LogP contribution >= 0.6 is 0 Å². The van der Waals surface area contributed by atoms with E-state index in [1.807, 2.05) is 0 Å². The van der Waals surface area contributed by atoms with Crippen molar-refractivity contribution in [2.75, 3.05) is 20.8 Å². The van der Waals surface area contributed by atoms with Crippen LogP contribution in [-0.2, 0) is 19.6 Å². The third kappa shape index (κ3) is 4.61. The van der Waals surface area contributed by atoms with Crippen molar-refractivity contribution in [3.8, 4) is 17.6 Å². The van der Waals surface area contributed by atoms with E-state index in [1.54, 1.807) is 12.1 Å². The standard InChI is InChI=1S/C13H16N2O6S/c1-9(7-14)21-13(16)8-15-22(17,18)12-6-10(19-2)4-5-11(12)20-3/h4-6,9,15H,8H2,1-3H3/t9-/m0/s1. The number of nitrogens with one attached hydrogen (secondary N) is 1. The highest BCUT2D eigenvalue weighted by Gasteiger charge is 2.22. The normalized spacial score (nSPS) is 12.1. The molecule has 1 atom stereocenters. The fourth-order valence-corrected chi connectivity index (χ4v) is 2.64. The predicted molar refractivity (Wildman–Crippen MR) is 75.9 cm³/mol. The maximum absolute atomic E-state index is 12.2. The van der Waals surface area contributed by atoms with Crippen molar-refractivity contribution in [3.05, 3.63) is 18.2 Å². The monoisotopic (exact) mass is 328 g/mol. The summed E-state index contributed by atoms with van der Waals surface area (Å²) in [4.78, 5) is 11.2.